The van der Waals surface area contributed by atoms with E-state index in [0.717, 1.165) is 16.8 Å². The Morgan fingerprint density at radius 1 is 1.15 bits per heavy atom. The first-order valence-corrected chi connectivity index (χ1v) is 8.33. The molecule has 7 nitrogen and oxygen atoms in total. The SMILES string of the molecule is CCOc1ccccc1NC(=O)c1nnn(-c2c(C)cccc2C)c1N. The maximum Gasteiger partial charge on any atom is 0.280 e. The number of ether oxygens (including phenoxy) is 1. The first-order chi connectivity index (χ1) is 12.5. The molecule has 1 heterocycles. The molecule has 2 aromatic carbocycles. The van der Waals surface area contributed by atoms with Crippen molar-refractivity contribution >= 4 is 17.4 Å². The molecule has 134 valence electrons. The van der Waals surface area contributed by atoms with Crippen molar-refractivity contribution in [1.82, 2.24) is 15.0 Å². The molecule has 0 radical (unpaired) electrons. The molecular formula is C19H21N5O2. The van der Waals surface area contributed by atoms with Gasteiger partial charge in [0.2, 0.25) is 0 Å². The predicted octanol–water partition coefficient (Wildman–Crippen LogP) is 3.12. The van der Waals surface area contributed by atoms with E-state index in [-0.39, 0.29) is 11.5 Å². The molecule has 7 heteroatoms. The number of nitrogens with one attached hydrogen (secondary N) is 1. The first kappa shape index (κ1) is 17.5. The van der Waals surface area contributed by atoms with Gasteiger partial charge in [-0.25, -0.2) is 0 Å². The minimum absolute atomic E-state index is 0.0685. The van der Waals surface area contributed by atoms with E-state index < -0.39 is 5.91 Å². The fourth-order valence-corrected chi connectivity index (χ4v) is 2.79. The molecule has 0 bridgehead atoms. The zero-order valence-electron chi connectivity index (χ0n) is 15.0. The van der Waals surface area contributed by atoms with Crippen LogP contribution in [0.15, 0.2) is 42.5 Å². The Morgan fingerprint density at radius 3 is 2.54 bits per heavy atom. The van der Waals surface area contributed by atoms with E-state index in [1.54, 1.807) is 12.1 Å². The van der Waals surface area contributed by atoms with Gasteiger partial charge in [-0.3, -0.25) is 4.79 Å². The van der Waals surface area contributed by atoms with Crippen molar-refractivity contribution < 1.29 is 9.53 Å². The van der Waals surface area contributed by atoms with Crippen molar-refractivity contribution in [3.63, 3.8) is 0 Å². The molecule has 0 atom stereocenters. The lowest BCUT2D eigenvalue weighted by atomic mass is 10.1. The average molecular weight is 351 g/mol. The third-order valence-electron chi connectivity index (χ3n) is 4.01. The molecule has 0 spiro atoms. The standard InChI is InChI=1S/C19H21N5O2/c1-4-26-15-11-6-5-10-14(15)21-19(25)16-18(20)24(23-22-16)17-12(2)8-7-9-13(17)3/h5-11H,4,20H2,1-3H3,(H,21,25). The van der Waals surface area contributed by atoms with Gasteiger partial charge in [0.25, 0.3) is 5.91 Å². The maximum absolute atomic E-state index is 12.6. The van der Waals surface area contributed by atoms with Crippen LogP contribution >= 0.6 is 0 Å². The van der Waals surface area contributed by atoms with Crippen molar-refractivity contribution in [3.8, 4) is 11.4 Å². The van der Waals surface area contributed by atoms with Crippen molar-refractivity contribution in [2.24, 2.45) is 0 Å². The normalized spacial score (nSPS) is 10.6. The van der Waals surface area contributed by atoms with Crippen LogP contribution < -0.4 is 15.8 Å². The van der Waals surface area contributed by atoms with Crippen LogP contribution in [0.1, 0.15) is 28.5 Å². The van der Waals surface area contributed by atoms with Crippen LogP contribution in [-0.2, 0) is 0 Å². The third-order valence-corrected chi connectivity index (χ3v) is 4.01. The highest BCUT2D eigenvalue weighted by Crippen LogP contribution is 2.26. The van der Waals surface area contributed by atoms with E-state index in [4.69, 9.17) is 10.5 Å². The van der Waals surface area contributed by atoms with E-state index in [9.17, 15) is 4.79 Å². The number of aryl methyl sites for hydroxylation is 2. The van der Waals surface area contributed by atoms with Crippen LogP contribution in [-0.4, -0.2) is 27.5 Å². The molecule has 0 aliphatic carbocycles. The second-order valence-corrected chi connectivity index (χ2v) is 5.86. The number of carbonyl (C=O) groups excluding carboxylic acids is 1. The first-order valence-electron chi connectivity index (χ1n) is 8.33. The number of amides is 1. The molecule has 0 aliphatic rings. The number of benzene rings is 2. The third kappa shape index (κ3) is 3.23. The van der Waals surface area contributed by atoms with Crippen LogP contribution in [0.25, 0.3) is 5.69 Å². The Bertz CT molecular complexity index is 929. The smallest absolute Gasteiger partial charge is 0.280 e. The maximum atomic E-state index is 12.6. The molecule has 0 fully saturated rings. The van der Waals surface area contributed by atoms with E-state index in [1.807, 2.05) is 51.1 Å². The summed E-state index contributed by atoms with van der Waals surface area (Å²) in [6.45, 7) is 6.30. The minimum Gasteiger partial charge on any atom is -0.492 e. The highest BCUT2D eigenvalue weighted by Gasteiger charge is 2.21. The Hall–Kier alpha value is -3.35. The van der Waals surface area contributed by atoms with Crippen molar-refractivity contribution in [2.75, 3.05) is 17.7 Å². The van der Waals surface area contributed by atoms with Gasteiger partial charge in [0.05, 0.1) is 18.0 Å². The Labute approximate surface area is 151 Å². The molecule has 1 amide bonds. The second-order valence-electron chi connectivity index (χ2n) is 5.86. The summed E-state index contributed by atoms with van der Waals surface area (Å²) in [6.07, 6.45) is 0. The summed E-state index contributed by atoms with van der Waals surface area (Å²) in [5.41, 5.74) is 9.61. The summed E-state index contributed by atoms with van der Waals surface area (Å²) in [5.74, 6) is 0.338. The second kappa shape index (κ2) is 7.26. The number of aromatic nitrogens is 3. The van der Waals surface area contributed by atoms with Crippen LogP contribution in [0.2, 0.25) is 0 Å². The molecule has 0 saturated carbocycles. The topological polar surface area (TPSA) is 95.1 Å². The monoisotopic (exact) mass is 351 g/mol. The zero-order chi connectivity index (χ0) is 18.7. The fourth-order valence-electron chi connectivity index (χ4n) is 2.79. The highest BCUT2D eigenvalue weighted by atomic mass is 16.5. The highest BCUT2D eigenvalue weighted by molar-refractivity contribution is 6.06. The van der Waals surface area contributed by atoms with Crippen LogP contribution in [0.4, 0.5) is 11.5 Å². The molecule has 0 unspecified atom stereocenters. The Morgan fingerprint density at radius 2 is 1.85 bits per heavy atom. The molecule has 3 aromatic rings. The lowest BCUT2D eigenvalue weighted by Gasteiger charge is -2.11. The molecule has 3 N–H and O–H groups in total. The van der Waals surface area contributed by atoms with Gasteiger partial charge < -0.3 is 15.8 Å². The molecular weight excluding hydrogens is 330 g/mol. The number of carbonyl (C=O) groups is 1. The largest absolute Gasteiger partial charge is 0.492 e. The van der Waals surface area contributed by atoms with Gasteiger partial charge in [-0.05, 0) is 44.0 Å². The van der Waals surface area contributed by atoms with Gasteiger partial charge in [-0.15, -0.1) is 5.10 Å². The van der Waals surface area contributed by atoms with Gasteiger partial charge in [0, 0.05) is 0 Å². The Balaban J connectivity index is 1.92. The average Bonchev–Trinajstić information content (AvgIpc) is 2.98. The quantitative estimate of drug-likeness (QED) is 0.736. The molecule has 1 aromatic heterocycles. The van der Waals surface area contributed by atoms with Gasteiger partial charge >= 0.3 is 0 Å². The van der Waals surface area contributed by atoms with Crippen LogP contribution in [0.5, 0.6) is 5.75 Å². The number of anilines is 2. The lowest BCUT2D eigenvalue weighted by molar-refractivity contribution is 0.102. The van der Waals surface area contributed by atoms with Crippen molar-refractivity contribution in [3.05, 3.63) is 59.3 Å². The lowest BCUT2D eigenvalue weighted by Crippen LogP contribution is -2.16. The zero-order valence-corrected chi connectivity index (χ0v) is 15.0. The van der Waals surface area contributed by atoms with Crippen molar-refractivity contribution in [1.29, 1.82) is 0 Å². The molecule has 0 saturated heterocycles. The molecule has 26 heavy (non-hydrogen) atoms. The van der Waals surface area contributed by atoms with Crippen molar-refractivity contribution in [2.45, 2.75) is 20.8 Å². The number of hydrogen-bond donors (Lipinski definition) is 2. The summed E-state index contributed by atoms with van der Waals surface area (Å²) in [5, 5.41) is 10.8. The number of rotatable bonds is 5. The minimum atomic E-state index is -0.438. The number of nitrogens with two attached hydrogens (primary N) is 1. The molecule has 0 aliphatic heterocycles. The van der Waals surface area contributed by atoms with E-state index >= 15 is 0 Å². The summed E-state index contributed by atoms with van der Waals surface area (Å²) in [4.78, 5) is 12.6. The molecule has 3 rings (SSSR count). The summed E-state index contributed by atoms with van der Waals surface area (Å²) >= 11 is 0. The van der Waals surface area contributed by atoms with E-state index in [2.05, 4.69) is 15.6 Å². The summed E-state index contributed by atoms with van der Waals surface area (Å²) in [6, 6.07) is 13.1. The van der Waals surface area contributed by atoms with Gasteiger partial charge in [0.1, 0.15) is 5.75 Å². The number of nitrogens with zero attached hydrogens (tertiary/aromatic N) is 3. The number of para-hydroxylation sites is 3. The Kier molecular flexibility index (Phi) is 4.88. The summed E-state index contributed by atoms with van der Waals surface area (Å²) in [7, 11) is 0. The van der Waals surface area contributed by atoms with Crippen LogP contribution in [0.3, 0.4) is 0 Å². The van der Waals surface area contributed by atoms with Crippen LogP contribution in [0, 0.1) is 13.8 Å². The van der Waals surface area contributed by atoms with Gasteiger partial charge in [0.15, 0.2) is 11.5 Å². The van der Waals surface area contributed by atoms with E-state index in [0.29, 0.717) is 18.0 Å². The predicted molar refractivity (Wildman–Crippen MR) is 101 cm³/mol. The number of nitrogen functional groups attached to an aromatic ring is 1. The fraction of sp³-hybridized carbons (Fsp3) is 0.211. The van der Waals surface area contributed by atoms with Gasteiger partial charge in [-0.1, -0.05) is 35.5 Å². The number of hydrogen-bond acceptors (Lipinski definition) is 5. The summed E-state index contributed by atoms with van der Waals surface area (Å²) < 4.78 is 7.02. The van der Waals surface area contributed by atoms with E-state index in [1.165, 1.54) is 4.68 Å². The van der Waals surface area contributed by atoms with Gasteiger partial charge in [-0.2, -0.15) is 4.68 Å².